The zero-order valence-electron chi connectivity index (χ0n) is 12.9. The zero-order chi connectivity index (χ0) is 16.2. The van der Waals surface area contributed by atoms with E-state index in [1.807, 2.05) is 41.2 Å². The van der Waals surface area contributed by atoms with Crippen molar-refractivity contribution in [2.75, 3.05) is 26.7 Å². The molecule has 0 radical (unpaired) electrons. The number of morpholine rings is 1. The second-order valence-corrected chi connectivity index (χ2v) is 5.55. The van der Waals surface area contributed by atoms with Crippen LogP contribution in [0.4, 0.5) is 0 Å². The molecule has 6 heteroatoms. The molecule has 0 saturated carbocycles. The van der Waals surface area contributed by atoms with Gasteiger partial charge in [0.2, 0.25) is 5.91 Å². The van der Waals surface area contributed by atoms with E-state index in [1.54, 1.807) is 24.1 Å². The number of aromatic nitrogens is 1. The first-order chi connectivity index (χ1) is 11.1. The fraction of sp³-hybridized carbons (Fsp3) is 0.294. The summed E-state index contributed by atoms with van der Waals surface area (Å²) in [5.41, 5.74) is 1.60. The van der Waals surface area contributed by atoms with E-state index in [9.17, 15) is 9.59 Å². The summed E-state index contributed by atoms with van der Waals surface area (Å²) in [5.74, 6) is -0.180. The van der Waals surface area contributed by atoms with Crippen LogP contribution in [0, 0.1) is 0 Å². The first-order valence-corrected chi connectivity index (χ1v) is 7.50. The highest BCUT2D eigenvalue weighted by atomic mass is 16.5. The molecule has 0 bridgehead atoms. The molecule has 1 atom stereocenters. The normalized spacial score (nSPS) is 18.0. The Bertz CT molecular complexity index is 680. The molecule has 23 heavy (non-hydrogen) atoms. The lowest BCUT2D eigenvalue weighted by Crippen LogP contribution is -2.48. The molecule has 2 amide bonds. The predicted molar refractivity (Wildman–Crippen MR) is 85.5 cm³/mol. The molecule has 0 spiro atoms. The Hall–Kier alpha value is -2.60. The van der Waals surface area contributed by atoms with E-state index < -0.39 is 0 Å². The van der Waals surface area contributed by atoms with Crippen molar-refractivity contribution in [1.82, 2.24) is 14.8 Å². The number of benzene rings is 1. The topological polar surface area (TPSA) is 63.6 Å². The number of carbonyl (C=O) groups is 2. The van der Waals surface area contributed by atoms with Crippen molar-refractivity contribution < 1.29 is 14.3 Å². The molecule has 1 saturated heterocycles. The summed E-state index contributed by atoms with van der Waals surface area (Å²) in [7, 11) is 1.74. The van der Waals surface area contributed by atoms with Gasteiger partial charge >= 0.3 is 0 Å². The SMILES string of the molecule is CN1CC(CNC(=O)c2ccc(-n3cccc3)cc2)OCC1=O. The smallest absolute Gasteiger partial charge is 0.251 e. The Balaban J connectivity index is 1.55. The van der Waals surface area contributed by atoms with Gasteiger partial charge in [0, 0.05) is 43.8 Å². The second-order valence-electron chi connectivity index (χ2n) is 5.55. The monoisotopic (exact) mass is 313 g/mol. The lowest BCUT2D eigenvalue weighted by Gasteiger charge is -2.29. The van der Waals surface area contributed by atoms with Gasteiger partial charge in [-0.25, -0.2) is 0 Å². The number of carbonyl (C=O) groups excluding carboxylic acids is 2. The highest BCUT2D eigenvalue weighted by Gasteiger charge is 2.23. The Labute approximate surface area is 134 Å². The van der Waals surface area contributed by atoms with Gasteiger partial charge in [-0.15, -0.1) is 0 Å². The average Bonchev–Trinajstić information content (AvgIpc) is 3.10. The lowest BCUT2D eigenvalue weighted by molar-refractivity contribution is -0.146. The Morgan fingerprint density at radius 3 is 2.61 bits per heavy atom. The van der Waals surface area contributed by atoms with Crippen molar-refractivity contribution in [2.24, 2.45) is 0 Å². The number of hydrogen-bond donors (Lipinski definition) is 1. The first kappa shape index (κ1) is 15.3. The van der Waals surface area contributed by atoms with Crippen LogP contribution < -0.4 is 5.32 Å². The molecule has 1 N–H and O–H groups in total. The van der Waals surface area contributed by atoms with Gasteiger partial charge in [0.05, 0.1) is 6.10 Å². The third kappa shape index (κ3) is 3.60. The van der Waals surface area contributed by atoms with Crippen LogP contribution in [-0.4, -0.2) is 54.1 Å². The molecule has 2 heterocycles. The van der Waals surface area contributed by atoms with Gasteiger partial charge in [-0.1, -0.05) is 0 Å². The first-order valence-electron chi connectivity index (χ1n) is 7.50. The third-order valence-electron chi connectivity index (χ3n) is 3.87. The number of rotatable bonds is 4. The van der Waals surface area contributed by atoms with Crippen LogP contribution in [0.15, 0.2) is 48.8 Å². The molecule has 3 rings (SSSR count). The number of nitrogens with zero attached hydrogens (tertiary/aromatic N) is 2. The number of ether oxygens (including phenoxy) is 1. The highest BCUT2D eigenvalue weighted by molar-refractivity contribution is 5.94. The molecule has 120 valence electrons. The van der Waals surface area contributed by atoms with Gasteiger partial charge in [0.15, 0.2) is 0 Å². The number of hydrogen-bond acceptors (Lipinski definition) is 3. The van der Waals surface area contributed by atoms with Crippen LogP contribution in [0.5, 0.6) is 0 Å². The standard InChI is InChI=1S/C17H19N3O3/c1-19-11-15(23-12-16(19)21)10-18-17(22)13-4-6-14(7-5-13)20-8-2-3-9-20/h2-9,15H,10-12H2,1H3,(H,18,22). The fourth-order valence-corrected chi connectivity index (χ4v) is 2.48. The maximum absolute atomic E-state index is 12.2. The van der Waals surface area contributed by atoms with Crippen molar-refractivity contribution in [3.8, 4) is 5.69 Å². The number of nitrogens with one attached hydrogen (secondary N) is 1. The van der Waals surface area contributed by atoms with Gasteiger partial charge in [-0.05, 0) is 36.4 Å². The summed E-state index contributed by atoms with van der Waals surface area (Å²) in [6.07, 6.45) is 3.74. The summed E-state index contributed by atoms with van der Waals surface area (Å²) < 4.78 is 7.38. The van der Waals surface area contributed by atoms with Crippen LogP contribution in [0.25, 0.3) is 5.69 Å². The Morgan fingerprint density at radius 2 is 1.96 bits per heavy atom. The van der Waals surface area contributed by atoms with Gasteiger partial charge in [-0.3, -0.25) is 9.59 Å². The molecule has 0 aliphatic carbocycles. The molecule has 1 aliphatic rings. The molecular formula is C17H19N3O3. The van der Waals surface area contributed by atoms with Gasteiger partial charge in [0.1, 0.15) is 6.61 Å². The summed E-state index contributed by atoms with van der Waals surface area (Å²) in [4.78, 5) is 25.1. The van der Waals surface area contributed by atoms with Crippen LogP contribution in [0.3, 0.4) is 0 Å². The Morgan fingerprint density at radius 1 is 1.26 bits per heavy atom. The van der Waals surface area contributed by atoms with E-state index >= 15 is 0 Å². The van der Waals surface area contributed by atoms with Crippen molar-refractivity contribution in [2.45, 2.75) is 6.10 Å². The summed E-state index contributed by atoms with van der Waals surface area (Å²) in [6, 6.07) is 11.3. The fourth-order valence-electron chi connectivity index (χ4n) is 2.48. The van der Waals surface area contributed by atoms with E-state index in [0.717, 1.165) is 5.69 Å². The minimum Gasteiger partial charge on any atom is -0.365 e. The van der Waals surface area contributed by atoms with Gasteiger partial charge in [-0.2, -0.15) is 0 Å². The average molecular weight is 313 g/mol. The summed E-state index contributed by atoms with van der Waals surface area (Å²) in [6.45, 7) is 0.949. The molecule has 1 fully saturated rings. The van der Waals surface area contributed by atoms with E-state index in [-0.39, 0.29) is 24.5 Å². The van der Waals surface area contributed by atoms with Crippen molar-refractivity contribution in [3.63, 3.8) is 0 Å². The molecular weight excluding hydrogens is 294 g/mol. The minimum absolute atomic E-state index is 0.0341. The van der Waals surface area contributed by atoms with Crippen LogP contribution in [-0.2, 0) is 9.53 Å². The molecule has 1 aromatic carbocycles. The molecule has 6 nitrogen and oxygen atoms in total. The molecule has 2 aromatic rings. The highest BCUT2D eigenvalue weighted by Crippen LogP contribution is 2.10. The van der Waals surface area contributed by atoms with Crippen molar-refractivity contribution >= 4 is 11.8 Å². The number of amides is 2. The van der Waals surface area contributed by atoms with Crippen LogP contribution in [0.1, 0.15) is 10.4 Å². The van der Waals surface area contributed by atoms with E-state index in [0.29, 0.717) is 18.7 Å². The maximum atomic E-state index is 12.2. The zero-order valence-corrected chi connectivity index (χ0v) is 12.9. The molecule has 1 unspecified atom stereocenters. The van der Waals surface area contributed by atoms with Crippen LogP contribution in [0.2, 0.25) is 0 Å². The van der Waals surface area contributed by atoms with E-state index in [1.165, 1.54) is 0 Å². The van der Waals surface area contributed by atoms with E-state index in [2.05, 4.69) is 5.32 Å². The van der Waals surface area contributed by atoms with E-state index in [4.69, 9.17) is 4.74 Å². The minimum atomic E-state index is -0.166. The Kier molecular flexibility index (Phi) is 4.43. The maximum Gasteiger partial charge on any atom is 0.251 e. The lowest BCUT2D eigenvalue weighted by atomic mass is 10.2. The second kappa shape index (κ2) is 6.66. The van der Waals surface area contributed by atoms with Crippen LogP contribution >= 0.6 is 0 Å². The van der Waals surface area contributed by atoms with Crippen molar-refractivity contribution in [1.29, 1.82) is 0 Å². The predicted octanol–water partition coefficient (Wildman–Crippen LogP) is 1.06. The molecule has 1 aromatic heterocycles. The number of likely N-dealkylation sites (N-methyl/N-ethyl adjacent to an activating group) is 1. The quantitative estimate of drug-likeness (QED) is 0.918. The largest absolute Gasteiger partial charge is 0.365 e. The summed E-state index contributed by atoms with van der Waals surface area (Å²) >= 11 is 0. The van der Waals surface area contributed by atoms with Gasteiger partial charge < -0.3 is 19.5 Å². The van der Waals surface area contributed by atoms with Crippen molar-refractivity contribution in [3.05, 3.63) is 54.4 Å². The third-order valence-corrected chi connectivity index (χ3v) is 3.87. The van der Waals surface area contributed by atoms with Gasteiger partial charge in [0.25, 0.3) is 5.91 Å². The molecule has 1 aliphatic heterocycles. The summed E-state index contributed by atoms with van der Waals surface area (Å²) in [5, 5.41) is 2.85.